The highest BCUT2D eigenvalue weighted by Crippen LogP contribution is 2.31. The predicted molar refractivity (Wildman–Crippen MR) is 118 cm³/mol. The van der Waals surface area contributed by atoms with Gasteiger partial charge < -0.3 is 10.2 Å². The molecule has 3 aromatic rings. The summed E-state index contributed by atoms with van der Waals surface area (Å²) in [6.45, 7) is 2.96. The van der Waals surface area contributed by atoms with Crippen LogP contribution in [0.2, 0.25) is 0 Å². The second-order valence-electron chi connectivity index (χ2n) is 7.50. The molecule has 0 unspecified atom stereocenters. The van der Waals surface area contributed by atoms with E-state index in [4.69, 9.17) is 4.98 Å². The van der Waals surface area contributed by atoms with Crippen molar-refractivity contribution in [2.24, 2.45) is 0 Å². The zero-order valence-electron chi connectivity index (χ0n) is 16.9. The summed E-state index contributed by atoms with van der Waals surface area (Å²) in [7, 11) is 0. The smallest absolute Gasteiger partial charge is 0.227 e. The van der Waals surface area contributed by atoms with Crippen molar-refractivity contribution in [2.75, 3.05) is 18.4 Å². The molecule has 30 heavy (non-hydrogen) atoms. The number of anilines is 1. The van der Waals surface area contributed by atoms with E-state index < -0.39 is 0 Å². The molecule has 1 fully saturated rings. The lowest BCUT2D eigenvalue weighted by atomic mass is 9.93. The number of likely N-dealkylation sites (tertiary alicyclic amines) is 1. The fourth-order valence-electron chi connectivity index (χ4n) is 3.74. The van der Waals surface area contributed by atoms with Gasteiger partial charge in [-0.3, -0.25) is 14.6 Å². The van der Waals surface area contributed by atoms with Gasteiger partial charge >= 0.3 is 0 Å². The topological polar surface area (TPSA) is 75.2 Å². The van der Waals surface area contributed by atoms with E-state index in [9.17, 15) is 9.59 Å². The van der Waals surface area contributed by atoms with Gasteiger partial charge in [0, 0.05) is 37.8 Å². The second kappa shape index (κ2) is 9.17. The molecule has 6 nitrogen and oxygen atoms in total. The minimum atomic E-state index is -0.139. The quantitative estimate of drug-likeness (QED) is 0.674. The summed E-state index contributed by atoms with van der Waals surface area (Å²) in [6, 6.07) is 15.9. The fraction of sp³-hybridized carbons (Fsp3) is 0.304. The standard InChI is InChI=1S/C23H24N4O2S/c1-16(28)25-23-24-14-21(30-23)20-11-5-10-19(26-20)18-9-6-12-27(15-18)22(29)13-17-7-3-2-4-8-17/h2-5,7-8,10-11,14,18H,6,9,12-13,15H2,1H3,(H,24,25,28)/t18-/m0/s1. The molecular weight excluding hydrogens is 396 g/mol. The van der Waals surface area contributed by atoms with Gasteiger partial charge in [0.1, 0.15) is 0 Å². The SMILES string of the molecule is CC(=O)Nc1ncc(-c2cccc([C@H]3CCCN(C(=O)Cc4ccccc4)C3)n2)s1. The van der Waals surface area contributed by atoms with Gasteiger partial charge in [0.25, 0.3) is 0 Å². The number of nitrogens with one attached hydrogen (secondary N) is 1. The highest BCUT2D eigenvalue weighted by atomic mass is 32.1. The van der Waals surface area contributed by atoms with Gasteiger partial charge in [-0.05, 0) is 30.5 Å². The molecule has 2 amide bonds. The Hall–Kier alpha value is -3.06. The number of carbonyl (C=O) groups is 2. The van der Waals surface area contributed by atoms with Crippen molar-refractivity contribution < 1.29 is 9.59 Å². The van der Waals surface area contributed by atoms with E-state index in [1.165, 1.54) is 18.3 Å². The van der Waals surface area contributed by atoms with Crippen LogP contribution < -0.4 is 5.32 Å². The van der Waals surface area contributed by atoms with Gasteiger partial charge in [-0.25, -0.2) is 4.98 Å². The predicted octanol–water partition coefficient (Wildman–Crippen LogP) is 4.11. The van der Waals surface area contributed by atoms with Gasteiger partial charge in [0.2, 0.25) is 11.8 Å². The Bertz CT molecular complexity index is 1030. The van der Waals surface area contributed by atoms with Crippen LogP contribution >= 0.6 is 11.3 Å². The zero-order chi connectivity index (χ0) is 20.9. The van der Waals surface area contributed by atoms with Crippen molar-refractivity contribution in [3.63, 3.8) is 0 Å². The first-order valence-electron chi connectivity index (χ1n) is 10.1. The first kappa shape index (κ1) is 20.2. The minimum Gasteiger partial charge on any atom is -0.342 e. The Morgan fingerprint density at radius 3 is 2.80 bits per heavy atom. The number of aromatic nitrogens is 2. The number of thiazole rings is 1. The number of carbonyl (C=O) groups excluding carboxylic acids is 2. The van der Waals surface area contributed by atoms with E-state index in [2.05, 4.69) is 10.3 Å². The third kappa shape index (κ3) is 4.91. The Labute approximate surface area is 180 Å². The van der Waals surface area contributed by atoms with E-state index in [-0.39, 0.29) is 17.7 Å². The molecule has 7 heteroatoms. The van der Waals surface area contributed by atoms with Crippen molar-refractivity contribution in [3.05, 3.63) is 66.0 Å². The first-order chi connectivity index (χ1) is 14.6. The Kier molecular flexibility index (Phi) is 6.18. The molecule has 0 saturated carbocycles. The van der Waals surface area contributed by atoms with E-state index in [0.717, 1.165) is 41.2 Å². The van der Waals surface area contributed by atoms with Crippen molar-refractivity contribution in [1.82, 2.24) is 14.9 Å². The van der Waals surface area contributed by atoms with Crippen LogP contribution in [0.4, 0.5) is 5.13 Å². The molecule has 154 valence electrons. The van der Waals surface area contributed by atoms with Crippen LogP contribution in [0.15, 0.2) is 54.7 Å². The molecule has 1 aliphatic rings. The lowest BCUT2D eigenvalue weighted by molar-refractivity contribution is -0.131. The van der Waals surface area contributed by atoms with Gasteiger partial charge in [0.15, 0.2) is 5.13 Å². The molecule has 0 spiro atoms. The third-order valence-electron chi connectivity index (χ3n) is 5.20. The van der Waals surface area contributed by atoms with Gasteiger partial charge in [-0.15, -0.1) is 0 Å². The van der Waals surface area contributed by atoms with E-state index in [1.54, 1.807) is 6.20 Å². The van der Waals surface area contributed by atoms with Crippen LogP contribution in [-0.2, 0) is 16.0 Å². The zero-order valence-corrected chi connectivity index (χ0v) is 17.7. The fourth-order valence-corrected chi connectivity index (χ4v) is 4.58. The highest BCUT2D eigenvalue weighted by molar-refractivity contribution is 7.19. The molecule has 4 rings (SSSR count). The highest BCUT2D eigenvalue weighted by Gasteiger charge is 2.26. The summed E-state index contributed by atoms with van der Waals surface area (Å²) < 4.78 is 0. The molecule has 1 aromatic carbocycles. The lowest BCUT2D eigenvalue weighted by Gasteiger charge is -2.32. The molecule has 1 atom stereocenters. The number of hydrogen-bond acceptors (Lipinski definition) is 5. The molecule has 0 bridgehead atoms. The monoisotopic (exact) mass is 420 g/mol. The summed E-state index contributed by atoms with van der Waals surface area (Å²) in [4.78, 5) is 36.0. The van der Waals surface area contributed by atoms with E-state index in [1.807, 2.05) is 53.4 Å². The number of pyridine rings is 1. The Morgan fingerprint density at radius 2 is 2.00 bits per heavy atom. The molecule has 0 radical (unpaired) electrons. The number of amides is 2. The Balaban J connectivity index is 1.46. The first-order valence-corrected chi connectivity index (χ1v) is 10.9. The van der Waals surface area contributed by atoms with Crippen molar-refractivity contribution in [1.29, 1.82) is 0 Å². The maximum Gasteiger partial charge on any atom is 0.227 e. The van der Waals surface area contributed by atoms with Crippen LogP contribution in [-0.4, -0.2) is 39.8 Å². The van der Waals surface area contributed by atoms with Crippen molar-refractivity contribution in [3.8, 4) is 10.6 Å². The minimum absolute atomic E-state index is 0.139. The van der Waals surface area contributed by atoms with Crippen molar-refractivity contribution >= 4 is 28.3 Å². The number of benzene rings is 1. The summed E-state index contributed by atoms with van der Waals surface area (Å²) in [5.41, 5.74) is 2.89. The van der Waals surface area contributed by atoms with Gasteiger partial charge in [-0.2, -0.15) is 0 Å². The third-order valence-corrected chi connectivity index (χ3v) is 6.14. The lowest BCUT2D eigenvalue weighted by Crippen LogP contribution is -2.40. The van der Waals surface area contributed by atoms with Crippen LogP contribution in [0.25, 0.3) is 10.6 Å². The van der Waals surface area contributed by atoms with Crippen LogP contribution in [0.3, 0.4) is 0 Å². The Morgan fingerprint density at radius 1 is 1.17 bits per heavy atom. The van der Waals surface area contributed by atoms with Crippen molar-refractivity contribution in [2.45, 2.75) is 32.1 Å². The summed E-state index contributed by atoms with van der Waals surface area (Å²) in [5.74, 6) is 0.255. The molecular formula is C23H24N4O2S. The molecule has 2 aromatic heterocycles. The maximum atomic E-state index is 12.8. The van der Waals surface area contributed by atoms with Gasteiger partial charge in [-0.1, -0.05) is 47.7 Å². The summed E-state index contributed by atoms with van der Waals surface area (Å²) in [5, 5.41) is 3.28. The summed E-state index contributed by atoms with van der Waals surface area (Å²) >= 11 is 1.41. The average Bonchev–Trinajstić information content (AvgIpc) is 3.22. The molecule has 0 aliphatic carbocycles. The second-order valence-corrected chi connectivity index (χ2v) is 8.53. The molecule has 1 saturated heterocycles. The molecule has 1 aliphatic heterocycles. The van der Waals surface area contributed by atoms with E-state index >= 15 is 0 Å². The molecule has 1 N–H and O–H groups in total. The molecule has 3 heterocycles. The number of piperidine rings is 1. The van der Waals surface area contributed by atoms with Crippen LogP contribution in [0, 0.1) is 0 Å². The number of hydrogen-bond donors (Lipinski definition) is 1. The van der Waals surface area contributed by atoms with Crippen LogP contribution in [0.5, 0.6) is 0 Å². The number of rotatable bonds is 5. The average molecular weight is 421 g/mol. The maximum absolute atomic E-state index is 12.8. The largest absolute Gasteiger partial charge is 0.342 e. The summed E-state index contributed by atoms with van der Waals surface area (Å²) in [6.07, 6.45) is 4.17. The normalized spacial score (nSPS) is 16.3. The van der Waals surface area contributed by atoms with Crippen LogP contribution in [0.1, 0.15) is 36.9 Å². The van der Waals surface area contributed by atoms with Gasteiger partial charge in [0.05, 0.1) is 17.0 Å². The number of nitrogens with zero attached hydrogens (tertiary/aromatic N) is 3. The van der Waals surface area contributed by atoms with E-state index in [0.29, 0.717) is 18.1 Å².